The number of aryl methyl sites for hydroxylation is 1. The van der Waals surface area contributed by atoms with Crippen molar-refractivity contribution in [1.29, 1.82) is 0 Å². The monoisotopic (exact) mass is 332 g/mol. The minimum Gasteiger partial charge on any atom is -0.411 e. The van der Waals surface area contributed by atoms with Gasteiger partial charge in [-0.15, -0.1) is 23.1 Å². The molecule has 0 radical (unpaired) electrons. The van der Waals surface area contributed by atoms with Gasteiger partial charge >= 0.3 is 0 Å². The summed E-state index contributed by atoms with van der Waals surface area (Å²) in [6, 6.07) is 3.64. The summed E-state index contributed by atoms with van der Waals surface area (Å²) in [5.41, 5.74) is 2.27. The maximum atomic E-state index is 9.13. The number of halogens is 2. The average molecular weight is 333 g/mol. The summed E-state index contributed by atoms with van der Waals surface area (Å²) in [7, 11) is 0. The number of pyridine rings is 1. The number of thiophene rings is 1. The normalized spacial score (nSPS) is 11.8. The Morgan fingerprint density at radius 3 is 2.89 bits per heavy atom. The summed E-state index contributed by atoms with van der Waals surface area (Å²) < 4.78 is 1.11. The third-order valence-electron chi connectivity index (χ3n) is 2.42. The van der Waals surface area contributed by atoms with Crippen LogP contribution in [0.3, 0.4) is 0 Å². The Morgan fingerprint density at radius 1 is 1.53 bits per heavy atom. The van der Waals surface area contributed by atoms with Crippen molar-refractivity contribution in [3.05, 3.63) is 44.3 Å². The van der Waals surface area contributed by atoms with Crippen LogP contribution in [-0.2, 0) is 0 Å². The average Bonchev–Trinajstić information content (AvgIpc) is 2.72. The Bertz CT molecular complexity index is 614. The van der Waals surface area contributed by atoms with Gasteiger partial charge in [-0.3, -0.25) is 4.98 Å². The molecule has 0 amide bonds. The van der Waals surface area contributed by atoms with E-state index >= 15 is 0 Å². The van der Waals surface area contributed by atoms with Gasteiger partial charge < -0.3 is 5.21 Å². The quantitative estimate of drug-likeness (QED) is 0.381. The SMILES string of the molecule is Cc1cnccc1SC/C(=N/O)c1cc(Cl)sc1Cl. The molecule has 0 bridgehead atoms. The van der Waals surface area contributed by atoms with E-state index in [2.05, 4.69) is 10.1 Å². The number of hydrogen-bond donors (Lipinski definition) is 1. The smallest absolute Gasteiger partial charge is 0.104 e. The third kappa shape index (κ3) is 3.63. The van der Waals surface area contributed by atoms with Gasteiger partial charge in [0.2, 0.25) is 0 Å². The second-order valence-corrected chi connectivity index (χ2v) is 7.02. The van der Waals surface area contributed by atoms with E-state index in [0.717, 1.165) is 10.5 Å². The standard InChI is InChI=1S/C12H10Cl2N2OS2/c1-7-5-15-3-2-10(7)18-6-9(16-17)8-4-11(13)19-12(8)14/h2-5,17H,6H2,1H3/b16-9-. The fraction of sp³-hybridized carbons (Fsp3) is 0.167. The van der Waals surface area contributed by atoms with Crippen LogP contribution in [0.5, 0.6) is 0 Å². The second kappa shape index (κ2) is 6.61. The zero-order valence-electron chi connectivity index (χ0n) is 9.93. The van der Waals surface area contributed by atoms with E-state index in [0.29, 0.717) is 25.7 Å². The summed E-state index contributed by atoms with van der Waals surface area (Å²) in [6.45, 7) is 1.99. The van der Waals surface area contributed by atoms with Gasteiger partial charge in [0.25, 0.3) is 0 Å². The summed E-state index contributed by atoms with van der Waals surface area (Å²) in [5.74, 6) is 0.508. The van der Waals surface area contributed by atoms with Crippen molar-refractivity contribution in [1.82, 2.24) is 4.98 Å². The van der Waals surface area contributed by atoms with E-state index in [1.165, 1.54) is 11.3 Å². The maximum absolute atomic E-state index is 9.13. The molecule has 0 unspecified atom stereocenters. The second-order valence-electron chi connectivity index (χ2n) is 3.71. The van der Waals surface area contributed by atoms with Gasteiger partial charge in [-0.1, -0.05) is 28.4 Å². The van der Waals surface area contributed by atoms with E-state index in [-0.39, 0.29) is 0 Å². The lowest BCUT2D eigenvalue weighted by Crippen LogP contribution is -2.04. The van der Waals surface area contributed by atoms with Crippen molar-refractivity contribution < 1.29 is 5.21 Å². The van der Waals surface area contributed by atoms with Crippen molar-refractivity contribution >= 4 is 52.0 Å². The molecule has 0 aliphatic rings. The van der Waals surface area contributed by atoms with E-state index in [1.807, 2.05) is 13.0 Å². The zero-order valence-corrected chi connectivity index (χ0v) is 13.1. The Labute approximate surface area is 129 Å². The van der Waals surface area contributed by atoms with E-state index in [1.54, 1.807) is 30.2 Å². The van der Waals surface area contributed by atoms with Gasteiger partial charge in [-0.2, -0.15) is 0 Å². The molecule has 2 aromatic heterocycles. The number of aromatic nitrogens is 1. The molecule has 2 rings (SSSR count). The first-order valence-corrected chi connectivity index (χ1v) is 7.87. The highest BCUT2D eigenvalue weighted by Gasteiger charge is 2.14. The lowest BCUT2D eigenvalue weighted by molar-refractivity contribution is 0.319. The first-order valence-electron chi connectivity index (χ1n) is 5.31. The Kier molecular flexibility index (Phi) is 5.10. The van der Waals surface area contributed by atoms with Crippen LogP contribution in [0.4, 0.5) is 0 Å². The number of thioether (sulfide) groups is 1. The summed E-state index contributed by atoms with van der Waals surface area (Å²) >= 11 is 14.8. The molecule has 1 N–H and O–H groups in total. The molecule has 2 heterocycles. The maximum Gasteiger partial charge on any atom is 0.104 e. The molecule has 3 nitrogen and oxygen atoms in total. The Morgan fingerprint density at radius 2 is 2.32 bits per heavy atom. The van der Waals surface area contributed by atoms with Crippen LogP contribution in [0.2, 0.25) is 8.67 Å². The highest BCUT2D eigenvalue weighted by atomic mass is 35.5. The molecule has 100 valence electrons. The van der Waals surface area contributed by atoms with Crippen molar-refractivity contribution in [2.75, 3.05) is 5.75 Å². The summed E-state index contributed by atoms with van der Waals surface area (Å²) in [6.07, 6.45) is 3.53. The topological polar surface area (TPSA) is 45.5 Å². The lowest BCUT2D eigenvalue weighted by atomic mass is 10.2. The number of oxime groups is 1. The Hall–Kier alpha value is -0.750. The zero-order chi connectivity index (χ0) is 13.8. The van der Waals surface area contributed by atoms with Crippen LogP contribution in [0.25, 0.3) is 0 Å². The molecule has 0 aliphatic heterocycles. The van der Waals surface area contributed by atoms with Gasteiger partial charge in [-0.25, -0.2) is 0 Å². The van der Waals surface area contributed by atoms with E-state index in [9.17, 15) is 0 Å². The molecule has 19 heavy (non-hydrogen) atoms. The minimum atomic E-state index is 0.508. The lowest BCUT2D eigenvalue weighted by Gasteiger charge is -2.05. The summed E-state index contributed by atoms with van der Waals surface area (Å²) in [5, 5.41) is 12.4. The predicted molar refractivity (Wildman–Crippen MR) is 82.4 cm³/mol. The fourth-order valence-electron chi connectivity index (χ4n) is 1.47. The molecule has 0 saturated carbocycles. The molecule has 0 fully saturated rings. The molecule has 0 aliphatic carbocycles. The van der Waals surface area contributed by atoms with Gasteiger partial charge in [0, 0.05) is 28.6 Å². The number of nitrogens with zero attached hydrogens (tertiary/aromatic N) is 2. The summed E-state index contributed by atoms with van der Waals surface area (Å²) in [4.78, 5) is 5.13. The van der Waals surface area contributed by atoms with Crippen LogP contribution in [0, 0.1) is 6.92 Å². The largest absolute Gasteiger partial charge is 0.411 e. The van der Waals surface area contributed by atoms with Gasteiger partial charge in [0.1, 0.15) is 4.34 Å². The molecular formula is C12H10Cl2N2OS2. The van der Waals surface area contributed by atoms with Crippen molar-refractivity contribution in [2.24, 2.45) is 5.16 Å². The van der Waals surface area contributed by atoms with Crippen molar-refractivity contribution in [3.8, 4) is 0 Å². The highest BCUT2D eigenvalue weighted by molar-refractivity contribution is 8.00. The minimum absolute atomic E-state index is 0.508. The van der Waals surface area contributed by atoms with Gasteiger partial charge in [0.05, 0.1) is 10.0 Å². The van der Waals surface area contributed by atoms with Crippen LogP contribution in [0.1, 0.15) is 11.1 Å². The van der Waals surface area contributed by atoms with Crippen LogP contribution < -0.4 is 0 Å². The van der Waals surface area contributed by atoms with E-state index < -0.39 is 0 Å². The first-order chi connectivity index (χ1) is 9.11. The van der Waals surface area contributed by atoms with Crippen LogP contribution in [-0.4, -0.2) is 21.7 Å². The number of rotatable bonds is 4. The van der Waals surface area contributed by atoms with Gasteiger partial charge in [-0.05, 0) is 24.6 Å². The van der Waals surface area contributed by atoms with Crippen LogP contribution >= 0.6 is 46.3 Å². The van der Waals surface area contributed by atoms with Crippen molar-refractivity contribution in [3.63, 3.8) is 0 Å². The van der Waals surface area contributed by atoms with E-state index in [4.69, 9.17) is 28.4 Å². The molecule has 0 atom stereocenters. The number of hydrogen-bond acceptors (Lipinski definition) is 5. The molecular weight excluding hydrogens is 323 g/mol. The fourth-order valence-corrected chi connectivity index (χ4v) is 3.92. The molecule has 2 aromatic rings. The first kappa shape index (κ1) is 14.7. The molecule has 7 heteroatoms. The predicted octanol–water partition coefficient (Wildman–Crippen LogP) is 4.73. The van der Waals surface area contributed by atoms with Gasteiger partial charge in [0.15, 0.2) is 0 Å². The Balaban J connectivity index is 2.14. The molecule has 0 saturated heterocycles. The molecule has 0 spiro atoms. The third-order valence-corrected chi connectivity index (χ3v) is 5.10. The van der Waals surface area contributed by atoms with Crippen molar-refractivity contribution in [2.45, 2.75) is 11.8 Å². The van der Waals surface area contributed by atoms with Crippen LogP contribution in [0.15, 0.2) is 34.6 Å². The highest BCUT2D eigenvalue weighted by Crippen LogP contribution is 2.33. The molecule has 0 aromatic carbocycles.